The molecule has 0 aromatic heterocycles. The molecular weight excluding hydrogens is 398 g/mol. The van der Waals surface area contributed by atoms with Crippen LogP contribution in [0.2, 0.25) is 0 Å². The molecule has 2 rings (SSSR count). The Balaban J connectivity index is 2.11. The van der Waals surface area contributed by atoms with Crippen molar-refractivity contribution in [1.82, 2.24) is 4.90 Å². The fourth-order valence-corrected chi connectivity index (χ4v) is 3.10. The molecule has 0 aliphatic carbocycles. The highest BCUT2D eigenvalue weighted by atomic mass is 16.5. The van der Waals surface area contributed by atoms with Crippen molar-refractivity contribution in [3.05, 3.63) is 47.5 Å². The van der Waals surface area contributed by atoms with Gasteiger partial charge in [-0.2, -0.15) is 0 Å². The second kappa shape index (κ2) is 11.9. The van der Waals surface area contributed by atoms with Gasteiger partial charge in [-0.25, -0.2) is 0 Å². The zero-order chi connectivity index (χ0) is 22.8. The zero-order valence-electron chi connectivity index (χ0n) is 18.8. The summed E-state index contributed by atoms with van der Waals surface area (Å²) in [6, 6.07) is 8.17. The minimum Gasteiger partial charge on any atom is -0.507 e. The van der Waals surface area contributed by atoms with E-state index in [0.717, 1.165) is 19.6 Å². The lowest BCUT2D eigenvalue weighted by Gasteiger charge is -2.18. The van der Waals surface area contributed by atoms with Crippen molar-refractivity contribution in [3.63, 3.8) is 0 Å². The summed E-state index contributed by atoms with van der Waals surface area (Å²) in [5.74, 6) is 1.52. The Morgan fingerprint density at radius 1 is 1.00 bits per heavy atom. The number of phenolic OH excluding ortho intramolecular Hbond substituents is 1. The SMILES string of the molecule is CCN(CC)CCOc1ccc(C(=O)/C=C/c2cc(OC)c(OC)c(OC)c2)c(O)c1. The lowest BCUT2D eigenvalue weighted by Crippen LogP contribution is -2.27. The number of rotatable bonds is 12. The second-order valence-corrected chi connectivity index (χ2v) is 6.71. The first-order valence-corrected chi connectivity index (χ1v) is 10.2. The predicted molar refractivity (Wildman–Crippen MR) is 121 cm³/mol. The summed E-state index contributed by atoms with van der Waals surface area (Å²) in [6.07, 6.45) is 3.01. The van der Waals surface area contributed by atoms with Crippen molar-refractivity contribution in [2.24, 2.45) is 0 Å². The summed E-state index contributed by atoms with van der Waals surface area (Å²) in [5, 5.41) is 10.3. The van der Waals surface area contributed by atoms with Crippen LogP contribution in [-0.2, 0) is 0 Å². The molecule has 0 fully saturated rings. The van der Waals surface area contributed by atoms with E-state index >= 15 is 0 Å². The maximum atomic E-state index is 12.6. The number of nitrogens with zero attached hydrogens (tertiary/aromatic N) is 1. The van der Waals surface area contributed by atoms with Crippen LogP contribution in [0.25, 0.3) is 6.08 Å². The summed E-state index contributed by atoms with van der Waals surface area (Å²) in [4.78, 5) is 14.8. The summed E-state index contributed by atoms with van der Waals surface area (Å²) >= 11 is 0. The van der Waals surface area contributed by atoms with E-state index in [1.165, 1.54) is 33.5 Å². The topological polar surface area (TPSA) is 77.5 Å². The molecule has 0 amide bonds. The van der Waals surface area contributed by atoms with Crippen LogP contribution >= 0.6 is 0 Å². The number of allylic oxidation sites excluding steroid dienone is 1. The molecule has 0 saturated heterocycles. The molecule has 1 N–H and O–H groups in total. The fourth-order valence-electron chi connectivity index (χ4n) is 3.10. The van der Waals surface area contributed by atoms with E-state index in [2.05, 4.69) is 18.7 Å². The minimum atomic E-state index is -0.332. The first-order chi connectivity index (χ1) is 15.0. The van der Waals surface area contributed by atoms with Gasteiger partial charge in [-0.05, 0) is 49.0 Å². The smallest absolute Gasteiger partial charge is 0.203 e. The summed E-state index contributed by atoms with van der Waals surface area (Å²) in [5.41, 5.74) is 0.887. The van der Waals surface area contributed by atoms with E-state index in [1.54, 1.807) is 30.3 Å². The van der Waals surface area contributed by atoms with Crippen LogP contribution < -0.4 is 18.9 Å². The molecule has 0 aliphatic heterocycles. The summed E-state index contributed by atoms with van der Waals surface area (Å²) in [6.45, 7) is 7.41. The third-order valence-corrected chi connectivity index (χ3v) is 4.92. The summed E-state index contributed by atoms with van der Waals surface area (Å²) in [7, 11) is 4.58. The molecule has 31 heavy (non-hydrogen) atoms. The normalized spacial score (nSPS) is 11.0. The van der Waals surface area contributed by atoms with Gasteiger partial charge in [-0.3, -0.25) is 4.79 Å². The number of methoxy groups -OCH3 is 3. The van der Waals surface area contributed by atoms with Gasteiger partial charge in [-0.1, -0.05) is 19.9 Å². The number of ketones is 1. The molecule has 0 heterocycles. The van der Waals surface area contributed by atoms with E-state index in [-0.39, 0.29) is 17.1 Å². The largest absolute Gasteiger partial charge is 0.507 e. The van der Waals surface area contributed by atoms with Crippen LogP contribution in [0.4, 0.5) is 0 Å². The number of benzene rings is 2. The summed E-state index contributed by atoms with van der Waals surface area (Å²) < 4.78 is 21.6. The molecule has 0 unspecified atom stereocenters. The third kappa shape index (κ3) is 6.39. The maximum Gasteiger partial charge on any atom is 0.203 e. The number of hydrogen-bond donors (Lipinski definition) is 1. The van der Waals surface area contributed by atoms with Crippen LogP contribution in [0.5, 0.6) is 28.7 Å². The first-order valence-electron chi connectivity index (χ1n) is 10.2. The van der Waals surface area contributed by atoms with E-state index in [1.807, 2.05) is 0 Å². The number of phenols is 1. The fraction of sp³-hybridized carbons (Fsp3) is 0.375. The molecule has 0 atom stereocenters. The van der Waals surface area contributed by atoms with E-state index in [4.69, 9.17) is 18.9 Å². The lowest BCUT2D eigenvalue weighted by molar-refractivity contribution is 0.104. The quantitative estimate of drug-likeness (QED) is 0.403. The Bertz CT molecular complexity index is 880. The molecule has 7 nitrogen and oxygen atoms in total. The monoisotopic (exact) mass is 429 g/mol. The molecular formula is C24H31NO6. The molecule has 0 radical (unpaired) electrons. The van der Waals surface area contributed by atoms with Crippen LogP contribution in [0.3, 0.4) is 0 Å². The van der Waals surface area contributed by atoms with Crippen LogP contribution in [0, 0.1) is 0 Å². The van der Waals surface area contributed by atoms with Crippen molar-refractivity contribution in [1.29, 1.82) is 0 Å². The highest BCUT2D eigenvalue weighted by Gasteiger charge is 2.13. The van der Waals surface area contributed by atoms with Gasteiger partial charge in [0.2, 0.25) is 5.75 Å². The molecule has 0 spiro atoms. The molecule has 2 aromatic carbocycles. The second-order valence-electron chi connectivity index (χ2n) is 6.71. The van der Waals surface area contributed by atoms with E-state index in [0.29, 0.717) is 35.2 Å². The highest BCUT2D eigenvalue weighted by molar-refractivity contribution is 6.08. The van der Waals surface area contributed by atoms with Gasteiger partial charge in [0.1, 0.15) is 18.1 Å². The van der Waals surface area contributed by atoms with Gasteiger partial charge in [0, 0.05) is 12.6 Å². The van der Waals surface area contributed by atoms with Gasteiger partial charge < -0.3 is 29.0 Å². The Labute approximate surface area is 183 Å². The van der Waals surface area contributed by atoms with Gasteiger partial charge >= 0.3 is 0 Å². The molecule has 0 aliphatic rings. The van der Waals surface area contributed by atoms with Gasteiger partial charge in [0.25, 0.3) is 0 Å². The van der Waals surface area contributed by atoms with Crippen molar-refractivity contribution >= 4 is 11.9 Å². The Morgan fingerprint density at radius 2 is 1.65 bits per heavy atom. The molecule has 0 saturated carbocycles. The average molecular weight is 430 g/mol. The van der Waals surface area contributed by atoms with Crippen LogP contribution in [0.15, 0.2) is 36.4 Å². The van der Waals surface area contributed by atoms with E-state index in [9.17, 15) is 9.90 Å². The number of carbonyl (C=O) groups excluding carboxylic acids is 1. The van der Waals surface area contributed by atoms with Crippen LogP contribution in [-0.4, -0.2) is 63.4 Å². The molecule has 0 bridgehead atoms. The van der Waals surface area contributed by atoms with Gasteiger partial charge in [0.05, 0.1) is 26.9 Å². The average Bonchev–Trinajstić information content (AvgIpc) is 2.79. The van der Waals surface area contributed by atoms with E-state index < -0.39 is 0 Å². The van der Waals surface area contributed by atoms with Gasteiger partial charge in [-0.15, -0.1) is 0 Å². The Kier molecular flexibility index (Phi) is 9.21. The van der Waals surface area contributed by atoms with Gasteiger partial charge in [0.15, 0.2) is 17.3 Å². The Morgan fingerprint density at radius 3 is 2.16 bits per heavy atom. The highest BCUT2D eigenvalue weighted by Crippen LogP contribution is 2.38. The first kappa shape index (κ1) is 24.1. The maximum absolute atomic E-state index is 12.6. The molecule has 2 aromatic rings. The van der Waals surface area contributed by atoms with Crippen molar-refractivity contribution in [2.75, 3.05) is 47.6 Å². The molecule has 168 valence electrons. The number of carbonyl (C=O) groups is 1. The third-order valence-electron chi connectivity index (χ3n) is 4.92. The number of hydrogen-bond acceptors (Lipinski definition) is 7. The van der Waals surface area contributed by atoms with Crippen molar-refractivity contribution in [3.8, 4) is 28.7 Å². The molecule has 7 heteroatoms. The number of ether oxygens (including phenoxy) is 4. The predicted octanol–water partition coefficient (Wildman–Crippen LogP) is 4.03. The Hall–Kier alpha value is -3.19. The van der Waals surface area contributed by atoms with Crippen molar-refractivity contribution < 1.29 is 28.8 Å². The van der Waals surface area contributed by atoms with Crippen molar-refractivity contribution in [2.45, 2.75) is 13.8 Å². The zero-order valence-corrected chi connectivity index (χ0v) is 18.8. The number of likely N-dealkylation sites (N-methyl/N-ethyl adjacent to an activating group) is 1. The minimum absolute atomic E-state index is 0.125. The standard InChI is InChI=1S/C24H31NO6/c1-6-25(7-2)12-13-31-18-9-10-19(21(27)16-18)20(26)11-8-17-14-22(28-3)24(30-5)23(15-17)29-4/h8-11,14-16,27H,6-7,12-13H2,1-5H3/b11-8+. The number of aromatic hydroxyl groups is 1. The lowest BCUT2D eigenvalue weighted by atomic mass is 10.1. The van der Waals surface area contributed by atoms with Crippen LogP contribution in [0.1, 0.15) is 29.8 Å².